The summed E-state index contributed by atoms with van der Waals surface area (Å²) in [7, 11) is 3.20. The monoisotopic (exact) mass is 415 g/mol. The molecule has 5 nitrogen and oxygen atoms in total. The average Bonchev–Trinajstić information content (AvgIpc) is 2.47. The van der Waals surface area contributed by atoms with Crippen molar-refractivity contribution < 1.29 is 9.53 Å². The second kappa shape index (κ2) is 10.5. The third-order valence-electron chi connectivity index (χ3n) is 3.28. The molecule has 0 saturated carbocycles. The summed E-state index contributed by atoms with van der Waals surface area (Å²) in [6.45, 7) is 6.66. The second-order valence-corrected chi connectivity index (χ2v) is 6.11. The van der Waals surface area contributed by atoms with Gasteiger partial charge >= 0.3 is 5.97 Å². The largest absolute Gasteiger partial charge is 0.469 e. The van der Waals surface area contributed by atoms with E-state index in [-0.39, 0.29) is 35.9 Å². The molecule has 0 aliphatic carbocycles. The van der Waals surface area contributed by atoms with Gasteiger partial charge < -0.3 is 15.0 Å². The fourth-order valence-electron chi connectivity index (χ4n) is 2.02. The third kappa shape index (κ3) is 6.07. The van der Waals surface area contributed by atoms with Crippen molar-refractivity contribution in [1.29, 1.82) is 0 Å². The zero-order valence-corrected chi connectivity index (χ0v) is 15.9. The average molecular weight is 415 g/mol. The maximum absolute atomic E-state index is 11.4. The smallest absolute Gasteiger partial charge is 0.310 e. The van der Waals surface area contributed by atoms with Crippen LogP contribution in [0.2, 0.25) is 0 Å². The number of halogens is 1. The van der Waals surface area contributed by atoms with Crippen LogP contribution in [-0.4, -0.2) is 61.6 Å². The van der Waals surface area contributed by atoms with Crippen LogP contribution >= 0.6 is 35.7 Å². The molecule has 2 atom stereocenters. The molecule has 0 spiro atoms. The van der Waals surface area contributed by atoms with Gasteiger partial charge in [0.25, 0.3) is 0 Å². The molecule has 1 heterocycles. The van der Waals surface area contributed by atoms with E-state index in [2.05, 4.69) is 22.1 Å². The van der Waals surface area contributed by atoms with Gasteiger partial charge in [0.05, 0.1) is 13.0 Å². The lowest BCUT2D eigenvalue weighted by Gasteiger charge is -2.34. The zero-order valence-electron chi connectivity index (χ0n) is 12.7. The lowest BCUT2D eigenvalue weighted by molar-refractivity contribution is -0.144. The summed E-state index contributed by atoms with van der Waals surface area (Å²) in [6, 6.07) is 0. The Hall–Kier alpha value is -0.180. The Morgan fingerprint density at radius 1 is 1.60 bits per heavy atom. The molecule has 0 bridgehead atoms. The number of hydrogen-bond donors (Lipinski definition) is 1. The molecular formula is C13H26IN3O2S. The Morgan fingerprint density at radius 2 is 2.30 bits per heavy atom. The molecule has 2 unspecified atom stereocenters. The van der Waals surface area contributed by atoms with Gasteiger partial charge in [-0.2, -0.15) is 11.8 Å². The number of methoxy groups -OCH3 is 1. The quantitative estimate of drug-likeness (QED) is 0.329. The maximum atomic E-state index is 11.4. The molecule has 118 valence electrons. The number of nitrogens with one attached hydrogen (secondary N) is 1. The van der Waals surface area contributed by atoms with Gasteiger partial charge in [-0.25, -0.2) is 0 Å². The van der Waals surface area contributed by atoms with Crippen molar-refractivity contribution in [3.05, 3.63) is 0 Å². The van der Waals surface area contributed by atoms with E-state index < -0.39 is 0 Å². The van der Waals surface area contributed by atoms with Crippen molar-refractivity contribution in [1.82, 2.24) is 10.2 Å². The van der Waals surface area contributed by atoms with E-state index in [4.69, 9.17) is 4.74 Å². The third-order valence-corrected chi connectivity index (χ3v) is 4.65. The van der Waals surface area contributed by atoms with Gasteiger partial charge in [-0.3, -0.25) is 9.79 Å². The molecule has 1 saturated heterocycles. The number of rotatable bonds is 4. The number of guanidine groups is 1. The molecule has 1 aliphatic rings. The van der Waals surface area contributed by atoms with Crippen LogP contribution in [0.1, 0.15) is 20.3 Å². The fraction of sp³-hybridized carbons (Fsp3) is 0.846. The van der Waals surface area contributed by atoms with Gasteiger partial charge in [0.15, 0.2) is 5.96 Å². The molecule has 0 radical (unpaired) electrons. The fourth-order valence-corrected chi connectivity index (χ4v) is 3.20. The summed E-state index contributed by atoms with van der Waals surface area (Å²) in [4.78, 5) is 17.9. The van der Waals surface area contributed by atoms with E-state index in [0.717, 1.165) is 24.8 Å². The minimum atomic E-state index is -0.191. The number of hydrogen-bond acceptors (Lipinski definition) is 4. The predicted molar refractivity (Wildman–Crippen MR) is 96.1 cm³/mol. The highest BCUT2D eigenvalue weighted by Crippen LogP contribution is 2.20. The minimum absolute atomic E-state index is 0. The number of carbonyl (C=O) groups excluding carboxylic acids is 1. The first-order chi connectivity index (χ1) is 9.12. The SMILES string of the molecule is CCC1CN(C(=NC)NCC(C)C(=O)OC)CCS1.I. The second-order valence-electron chi connectivity index (χ2n) is 4.70. The van der Waals surface area contributed by atoms with Gasteiger partial charge in [-0.1, -0.05) is 13.8 Å². The molecule has 1 fully saturated rings. The lowest BCUT2D eigenvalue weighted by atomic mass is 10.2. The number of thioether (sulfide) groups is 1. The van der Waals surface area contributed by atoms with Crippen LogP contribution in [0.3, 0.4) is 0 Å². The first-order valence-electron chi connectivity index (χ1n) is 6.77. The molecule has 1 N–H and O–H groups in total. The van der Waals surface area contributed by atoms with Gasteiger partial charge in [0.1, 0.15) is 0 Å². The van der Waals surface area contributed by atoms with Gasteiger partial charge in [-0.05, 0) is 6.42 Å². The van der Waals surface area contributed by atoms with E-state index in [1.807, 2.05) is 18.7 Å². The summed E-state index contributed by atoms with van der Waals surface area (Å²) in [5.41, 5.74) is 0. The van der Waals surface area contributed by atoms with E-state index >= 15 is 0 Å². The van der Waals surface area contributed by atoms with Crippen LogP contribution in [0.15, 0.2) is 4.99 Å². The summed E-state index contributed by atoms with van der Waals surface area (Å²) >= 11 is 2.03. The van der Waals surface area contributed by atoms with E-state index in [1.54, 1.807) is 7.05 Å². The molecule has 20 heavy (non-hydrogen) atoms. The minimum Gasteiger partial charge on any atom is -0.469 e. The van der Waals surface area contributed by atoms with Crippen LogP contribution in [-0.2, 0) is 9.53 Å². The Kier molecular flexibility index (Phi) is 10.4. The number of esters is 1. The number of carbonyl (C=O) groups is 1. The van der Waals surface area contributed by atoms with Crippen molar-refractivity contribution in [2.45, 2.75) is 25.5 Å². The Morgan fingerprint density at radius 3 is 2.85 bits per heavy atom. The first kappa shape index (κ1) is 19.8. The molecule has 1 rings (SSSR count). The summed E-state index contributed by atoms with van der Waals surface area (Å²) in [5, 5.41) is 3.94. The Labute approximate surface area is 143 Å². The van der Waals surface area contributed by atoms with Crippen LogP contribution in [0.5, 0.6) is 0 Å². The van der Waals surface area contributed by atoms with Crippen molar-refractivity contribution in [2.24, 2.45) is 10.9 Å². The first-order valence-corrected chi connectivity index (χ1v) is 7.82. The molecule has 7 heteroatoms. The molecule has 0 aromatic heterocycles. The summed E-state index contributed by atoms with van der Waals surface area (Å²) in [6.07, 6.45) is 1.18. The Bertz CT molecular complexity index is 329. The van der Waals surface area contributed by atoms with Gasteiger partial charge in [0.2, 0.25) is 0 Å². The molecule has 1 aliphatic heterocycles. The topological polar surface area (TPSA) is 53.9 Å². The highest BCUT2D eigenvalue weighted by molar-refractivity contribution is 14.0. The summed E-state index contributed by atoms with van der Waals surface area (Å²) in [5.74, 6) is 1.66. The van der Waals surface area contributed by atoms with Crippen LogP contribution < -0.4 is 5.32 Å². The normalized spacial score (nSPS) is 20.9. The van der Waals surface area contributed by atoms with E-state index in [1.165, 1.54) is 13.5 Å². The predicted octanol–water partition coefficient (Wildman–Crippen LogP) is 1.82. The molecule has 0 aromatic rings. The van der Waals surface area contributed by atoms with Crippen molar-refractivity contribution in [3.8, 4) is 0 Å². The number of aliphatic imine (C=N–C) groups is 1. The summed E-state index contributed by atoms with van der Waals surface area (Å²) < 4.78 is 4.72. The molecule has 0 aromatic carbocycles. The maximum Gasteiger partial charge on any atom is 0.310 e. The standard InChI is InChI=1S/C13H25N3O2S.HI/c1-5-11-9-16(6-7-19-11)13(14-3)15-8-10(2)12(17)18-4;/h10-11H,5-9H2,1-4H3,(H,14,15);1H. The lowest BCUT2D eigenvalue weighted by Crippen LogP contribution is -2.49. The van der Waals surface area contributed by atoms with Crippen LogP contribution in [0.4, 0.5) is 0 Å². The van der Waals surface area contributed by atoms with Crippen LogP contribution in [0, 0.1) is 5.92 Å². The molecular weight excluding hydrogens is 389 g/mol. The van der Waals surface area contributed by atoms with Crippen LogP contribution in [0.25, 0.3) is 0 Å². The number of nitrogens with zero attached hydrogens (tertiary/aromatic N) is 2. The van der Waals surface area contributed by atoms with Crippen molar-refractivity contribution in [2.75, 3.05) is 39.5 Å². The van der Waals surface area contributed by atoms with Gasteiger partial charge in [0, 0.05) is 37.7 Å². The number of ether oxygens (including phenoxy) is 1. The van der Waals surface area contributed by atoms with Crippen molar-refractivity contribution in [3.63, 3.8) is 0 Å². The molecule has 0 amide bonds. The highest BCUT2D eigenvalue weighted by Gasteiger charge is 2.22. The van der Waals surface area contributed by atoms with E-state index in [9.17, 15) is 4.79 Å². The van der Waals surface area contributed by atoms with Crippen molar-refractivity contribution >= 4 is 47.7 Å². The highest BCUT2D eigenvalue weighted by atomic mass is 127. The Balaban J connectivity index is 0.00000361. The van der Waals surface area contributed by atoms with Gasteiger partial charge in [-0.15, -0.1) is 24.0 Å². The van der Waals surface area contributed by atoms with E-state index in [0.29, 0.717) is 11.8 Å². The zero-order chi connectivity index (χ0) is 14.3.